The highest BCUT2D eigenvalue weighted by atomic mass is 35.5. The molecule has 110 valence electrons. The summed E-state index contributed by atoms with van der Waals surface area (Å²) in [6.07, 6.45) is 0. The number of aromatic nitrogens is 1. The highest BCUT2D eigenvalue weighted by Gasteiger charge is 2.12. The molecule has 22 heavy (non-hydrogen) atoms. The zero-order valence-electron chi connectivity index (χ0n) is 11.3. The lowest BCUT2D eigenvalue weighted by atomic mass is 10.1. The number of amides is 1. The fourth-order valence-corrected chi connectivity index (χ4v) is 3.07. The molecule has 0 atom stereocenters. The van der Waals surface area contributed by atoms with Gasteiger partial charge in [-0.15, -0.1) is 11.3 Å². The number of carbonyl (C=O) groups excluding carboxylic acids is 1. The number of nitrogens with two attached hydrogens (primary N) is 1. The summed E-state index contributed by atoms with van der Waals surface area (Å²) < 4.78 is 0. The van der Waals surface area contributed by atoms with E-state index < -0.39 is 5.91 Å². The zero-order chi connectivity index (χ0) is 15.7. The van der Waals surface area contributed by atoms with Gasteiger partial charge in [0.1, 0.15) is 10.8 Å². The summed E-state index contributed by atoms with van der Waals surface area (Å²) in [6.45, 7) is 0. The minimum Gasteiger partial charge on any atom is -0.507 e. The largest absolute Gasteiger partial charge is 0.507 e. The van der Waals surface area contributed by atoms with Crippen LogP contribution in [0, 0.1) is 0 Å². The molecule has 3 rings (SSSR count). The quantitative estimate of drug-likeness (QED) is 0.763. The van der Waals surface area contributed by atoms with Crippen molar-refractivity contribution in [3.63, 3.8) is 0 Å². The van der Waals surface area contributed by atoms with E-state index in [1.807, 2.05) is 23.6 Å². The molecule has 3 aromatic rings. The molecule has 0 radical (unpaired) electrons. The average Bonchev–Trinajstić information content (AvgIpc) is 2.97. The fourth-order valence-electron chi connectivity index (χ4n) is 2.05. The normalized spacial score (nSPS) is 10.6. The monoisotopic (exact) mass is 330 g/mol. The maximum Gasteiger partial charge on any atom is 0.252 e. The molecule has 1 heterocycles. The van der Waals surface area contributed by atoms with E-state index in [-0.39, 0.29) is 11.3 Å². The lowest BCUT2D eigenvalue weighted by Gasteiger charge is -2.03. The second-order valence-corrected chi connectivity index (χ2v) is 5.94. The van der Waals surface area contributed by atoms with Gasteiger partial charge in [0, 0.05) is 21.5 Å². The third-order valence-electron chi connectivity index (χ3n) is 3.13. The fraction of sp³-hybridized carbons (Fsp3) is 0. The first kappa shape index (κ1) is 14.6. The summed E-state index contributed by atoms with van der Waals surface area (Å²) in [7, 11) is 0. The van der Waals surface area contributed by atoms with E-state index in [1.54, 1.807) is 12.1 Å². The van der Waals surface area contributed by atoms with Crippen LogP contribution in [0.1, 0.15) is 10.4 Å². The Bertz CT molecular complexity index is 861. The Morgan fingerprint density at radius 2 is 2.00 bits per heavy atom. The Balaban J connectivity index is 2.01. The van der Waals surface area contributed by atoms with Crippen LogP contribution in [-0.4, -0.2) is 16.0 Å². The van der Waals surface area contributed by atoms with Gasteiger partial charge in [-0.1, -0.05) is 23.7 Å². The first-order valence-corrected chi connectivity index (χ1v) is 7.65. The third kappa shape index (κ3) is 2.81. The van der Waals surface area contributed by atoms with Gasteiger partial charge in [-0.05, 0) is 30.3 Å². The number of benzene rings is 2. The lowest BCUT2D eigenvalue weighted by Crippen LogP contribution is -2.11. The molecular weight excluding hydrogens is 320 g/mol. The minimum atomic E-state index is -0.676. The van der Waals surface area contributed by atoms with Gasteiger partial charge < -0.3 is 10.8 Å². The van der Waals surface area contributed by atoms with Crippen molar-refractivity contribution in [1.82, 2.24) is 4.98 Å². The number of primary amides is 1. The summed E-state index contributed by atoms with van der Waals surface area (Å²) in [6, 6.07) is 12.1. The predicted molar refractivity (Wildman–Crippen MR) is 88.2 cm³/mol. The number of carbonyl (C=O) groups is 1. The molecule has 0 bridgehead atoms. The van der Waals surface area contributed by atoms with Crippen LogP contribution < -0.4 is 5.73 Å². The van der Waals surface area contributed by atoms with Crippen molar-refractivity contribution in [3.05, 3.63) is 58.4 Å². The van der Waals surface area contributed by atoms with E-state index in [9.17, 15) is 9.90 Å². The first-order valence-electron chi connectivity index (χ1n) is 6.39. The van der Waals surface area contributed by atoms with Gasteiger partial charge in [0.15, 0.2) is 0 Å². The number of thiazole rings is 1. The number of hydrogen-bond donors (Lipinski definition) is 2. The number of hydrogen-bond acceptors (Lipinski definition) is 4. The van der Waals surface area contributed by atoms with Crippen molar-refractivity contribution in [2.75, 3.05) is 0 Å². The van der Waals surface area contributed by atoms with Crippen LogP contribution in [0.3, 0.4) is 0 Å². The van der Waals surface area contributed by atoms with Gasteiger partial charge in [-0.25, -0.2) is 4.98 Å². The molecule has 4 nitrogen and oxygen atoms in total. The molecule has 0 spiro atoms. The van der Waals surface area contributed by atoms with Crippen molar-refractivity contribution >= 4 is 28.8 Å². The summed E-state index contributed by atoms with van der Waals surface area (Å²) in [5.41, 5.74) is 7.68. The standard InChI is InChI=1S/C16H11ClN2O2S/c17-11-3-1-2-10(6-11)16-19-13(8-22-16)9-4-5-14(20)12(7-9)15(18)21/h1-8,20H,(H2,18,21). The van der Waals surface area contributed by atoms with Gasteiger partial charge >= 0.3 is 0 Å². The molecule has 0 saturated heterocycles. The zero-order valence-corrected chi connectivity index (χ0v) is 12.9. The third-order valence-corrected chi connectivity index (χ3v) is 4.26. The number of rotatable bonds is 3. The molecule has 1 aromatic heterocycles. The second-order valence-electron chi connectivity index (χ2n) is 4.64. The van der Waals surface area contributed by atoms with E-state index in [4.69, 9.17) is 17.3 Å². The van der Waals surface area contributed by atoms with Crippen molar-refractivity contribution in [2.24, 2.45) is 5.73 Å². The SMILES string of the molecule is NC(=O)c1cc(-c2csc(-c3cccc(Cl)c3)n2)ccc1O. The molecule has 0 saturated carbocycles. The van der Waals surface area contributed by atoms with E-state index in [1.165, 1.54) is 23.5 Å². The summed E-state index contributed by atoms with van der Waals surface area (Å²) in [5, 5.41) is 13.0. The Kier molecular flexibility index (Phi) is 3.83. The molecule has 0 fully saturated rings. The van der Waals surface area contributed by atoms with Gasteiger partial charge in [-0.3, -0.25) is 4.79 Å². The van der Waals surface area contributed by atoms with E-state index in [0.29, 0.717) is 10.7 Å². The predicted octanol–water partition coefficient (Wildman–Crippen LogP) is 3.94. The van der Waals surface area contributed by atoms with Crippen LogP contribution in [0.4, 0.5) is 0 Å². The Hall–Kier alpha value is -2.37. The summed E-state index contributed by atoms with van der Waals surface area (Å²) >= 11 is 7.47. The highest BCUT2D eigenvalue weighted by Crippen LogP contribution is 2.31. The second kappa shape index (κ2) is 5.79. The van der Waals surface area contributed by atoms with E-state index in [0.717, 1.165) is 16.1 Å². The van der Waals surface area contributed by atoms with E-state index >= 15 is 0 Å². The topological polar surface area (TPSA) is 76.2 Å². The maximum atomic E-state index is 11.3. The molecule has 6 heteroatoms. The maximum absolute atomic E-state index is 11.3. The van der Waals surface area contributed by atoms with Crippen LogP contribution in [0.25, 0.3) is 21.8 Å². The Morgan fingerprint density at radius 3 is 2.73 bits per heavy atom. The van der Waals surface area contributed by atoms with Crippen LogP contribution in [0.5, 0.6) is 5.75 Å². The van der Waals surface area contributed by atoms with Crippen LogP contribution >= 0.6 is 22.9 Å². The molecule has 0 aliphatic heterocycles. The van der Waals surface area contributed by atoms with Crippen LogP contribution in [0.2, 0.25) is 5.02 Å². The molecule has 0 aliphatic carbocycles. The van der Waals surface area contributed by atoms with Crippen molar-refractivity contribution in [1.29, 1.82) is 0 Å². The van der Waals surface area contributed by atoms with Gasteiger partial charge in [0.25, 0.3) is 5.91 Å². The molecule has 0 aliphatic rings. The van der Waals surface area contributed by atoms with Gasteiger partial charge in [0.05, 0.1) is 11.3 Å². The number of nitrogens with zero attached hydrogens (tertiary/aromatic N) is 1. The number of halogens is 1. The average molecular weight is 331 g/mol. The molecule has 1 amide bonds. The van der Waals surface area contributed by atoms with E-state index in [2.05, 4.69) is 4.98 Å². The smallest absolute Gasteiger partial charge is 0.252 e. The van der Waals surface area contributed by atoms with Crippen LogP contribution in [-0.2, 0) is 0 Å². The number of aromatic hydroxyl groups is 1. The van der Waals surface area contributed by atoms with Gasteiger partial charge in [-0.2, -0.15) is 0 Å². The van der Waals surface area contributed by atoms with Crippen molar-refractivity contribution < 1.29 is 9.90 Å². The van der Waals surface area contributed by atoms with Crippen LogP contribution in [0.15, 0.2) is 47.8 Å². The summed E-state index contributed by atoms with van der Waals surface area (Å²) in [5.74, 6) is -0.814. The Morgan fingerprint density at radius 1 is 1.18 bits per heavy atom. The van der Waals surface area contributed by atoms with Crippen molar-refractivity contribution in [3.8, 4) is 27.6 Å². The van der Waals surface area contributed by atoms with Gasteiger partial charge in [0.2, 0.25) is 0 Å². The molecule has 2 aromatic carbocycles. The first-order chi connectivity index (χ1) is 10.5. The molecule has 3 N–H and O–H groups in total. The molecule has 0 unspecified atom stereocenters. The molecular formula is C16H11ClN2O2S. The van der Waals surface area contributed by atoms with Crippen molar-refractivity contribution in [2.45, 2.75) is 0 Å². The minimum absolute atomic E-state index is 0.0785. The lowest BCUT2D eigenvalue weighted by molar-refractivity contribution is 0.0998. The summed E-state index contributed by atoms with van der Waals surface area (Å²) in [4.78, 5) is 15.8. The number of phenols is 1. The Labute approximate surface area is 135 Å². The highest BCUT2D eigenvalue weighted by molar-refractivity contribution is 7.13.